The van der Waals surface area contributed by atoms with Crippen LogP contribution in [0.15, 0.2) is 53.7 Å². The molecule has 7 nitrogen and oxygen atoms in total. The van der Waals surface area contributed by atoms with Gasteiger partial charge in [-0.05, 0) is 38.1 Å². The number of benzene rings is 2. The molecule has 1 aromatic heterocycles. The van der Waals surface area contributed by atoms with Gasteiger partial charge in [0, 0.05) is 7.05 Å². The molecule has 1 heterocycles. The van der Waals surface area contributed by atoms with Gasteiger partial charge >= 0.3 is 0 Å². The first kappa shape index (κ1) is 20.7. The molecule has 0 saturated carbocycles. The van der Waals surface area contributed by atoms with Crippen LogP contribution in [0, 0.1) is 0 Å². The Balaban J connectivity index is 1.74. The van der Waals surface area contributed by atoms with Crippen molar-refractivity contribution in [2.24, 2.45) is 7.05 Å². The normalized spacial score (nSPS) is 11.7. The van der Waals surface area contributed by atoms with E-state index >= 15 is 0 Å². The molecule has 0 aliphatic heterocycles. The highest BCUT2D eigenvalue weighted by atomic mass is 32.2. The van der Waals surface area contributed by atoms with E-state index in [1.54, 1.807) is 7.11 Å². The van der Waals surface area contributed by atoms with E-state index in [1.807, 2.05) is 74.0 Å². The molecular formula is C21H24N4O3S. The summed E-state index contributed by atoms with van der Waals surface area (Å²) in [6.07, 6.45) is 0. The molecule has 29 heavy (non-hydrogen) atoms. The number of nitrogens with zero attached hydrogens (tertiary/aromatic N) is 3. The summed E-state index contributed by atoms with van der Waals surface area (Å²) in [6, 6.07) is 15.0. The maximum atomic E-state index is 12.7. The van der Waals surface area contributed by atoms with E-state index in [0.29, 0.717) is 29.0 Å². The number of hydrogen-bond acceptors (Lipinski definition) is 6. The van der Waals surface area contributed by atoms with Crippen LogP contribution in [-0.2, 0) is 11.8 Å². The standard InChI is InChI=1S/C21H24N4O3S/c1-5-28-18-13-9-7-11-16(18)22-20(26)14(2)29-21-24-23-19(25(21)3)15-10-6-8-12-17(15)27-4/h6-14H,5H2,1-4H3,(H,22,26)/t14-/m0/s1. The summed E-state index contributed by atoms with van der Waals surface area (Å²) >= 11 is 1.34. The van der Waals surface area contributed by atoms with Crippen molar-refractivity contribution in [1.29, 1.82) is 0 Å². The summed E-state index contributed by atoms with van der Waals surface area (Å²) < 4.78 is 12.8. The number of aromatic nitrogens is 3. The molecule has 0 saturated heterocycles. The van der Waals surface area contributed by atoms with Crippen molar-refractivity contribution in [2.75, 3.05) is 19.0 Å². The molecule has 1 amide bonds. The number of methoxy groups -OCH3 is 1. The molecule has 0 unspecified atom stereocenters. The average Bonchev–Trinajstić information content (AvgIpc) is 3.09. The van der Waals surface area contributed by atoms with Crippen molar-refractivity contribution in [3.63, 3.8) is 0 Å². The van der Waals surface area contributed by atoms with Crippen molar-refractivity contribution < 1.29 is 14.3 Å². The second-order valence-electron chi connectivity index (χ2n) is 6.24. The third kappa shape index (κ3) is 4.71. The Kier molecular flexibility index (Phi) is 6.77. The summed E-state index contributed by atoms with van der Waals surface area (Å²) in [7, 11) is 3.50. The Hall–Kier alpha value is -3.00. The molecule has 0 aliphatic carbocycles. The van der Waals surface area contributed by atoms with Crippen LogP contribution >= 0.6 is 11.8 Å². The predicted octanol–water partition coefficient (Wildman–Crippen LogP) is 4.01. The van der Waals surface area contributed by atoms with E-state index in [9.17, 15) is 4.79 Å². The van der Waals surface area contributed by atoms with Crippen LogP contribution in [0.4, 0.5) is 5.69 Å². The topological polar surface area (TPSA) is 78.3 Å². The molecule has 3 aromatic rings. The van der Waals surface area contributed by atoms with Crippen LogP contribution in [0.3, 0.4) is 0 Å². The van der Waals surface area contributed by atoms with Crippen LogP contribution in [-0.4, -0.2) is 39.6 Å². The molecule has 1 atom stereocenters. The van der Waals surface area contributed by atoms with Crippen LogP contribution in [0.25, 0.3) is 11.4 Å². The molecule has 2 aromatic carbocycles. The first-order valence-electron chi connectivity index (χ1n) is 9.27. The largest absolute Gasteiger partial charge is 0.496 e. The van der Waals surface area contributed by atoms with E-state index in [-0.39, 0.29) is 11.2 Å². The highest BCUT2D eigenvalue weighted by Crippen LogP contribution is 2.31. The second-order valence-corrected chi connectivity index (χ2v) is 7.55. The lowest BCUT2D eigenvalue weighted by molar-refractivity contribution is -0.115. The van der Waals surface area contributed by atoms with Gasteiger partial charge in [-0.1, -0.05) is 36.0 Å². The predicted molar refractivity (Wildman–Crippen MR) is 115 cm³/mol. The minimum absolute atomic E-state index is 0.135. The van der Waals surface area contributed by atoms with Gasteiger partial charge in [-0.2, -0.15) is 0 Å². The zero-order valence-corrected chi connectivity index (χ0v) is 17.7. The van der Waals surface area contributed by atoms with Gasteiger partial charge in [0.25, 0.3) is 0 Å². The highest BCUT2D eigenvalue weighted by Gasteiger charge is 2.21. The van der Waals surface area contributed by atoms with Gasteiger partial charge in [-0.15, -0.1) is 10.2 Å². The van der Waals surface area contributed by atoms with Crippen LogP contribution in [0.1, 0.15) is 13.8 Å². The Labute approximate surface area is 174 Å². The van der Waals surface area contributed by atoms with Gasteiger partial charge in [0.15, 0.2) is 11.0 Å². The molecule has 0 fully saturated rings. The van der Waals surface area contributed by atoms with E-state index < -0.39 is 0 Å². The van der Waals surface area contributed by atoms with Crippen molar-refractivity contribution in [1.82, 2.24) is 14.8 Å². The number of anilines is 1. The van der Waals surface area contributed by atoms with E-state index in [1.165, 1.54) is 11.8 Å². The van der Waals surface area contributed by atoms with Crippen LogP contribution in [0.2, 0.25) is 0 Å². The monoisotopic (exact) mass is 412 g/mol. The third-order valence-electron chi connectivity index (χ3n) is 4.28. The van der Waals surface area contributed by atoms with Gasteiger partial charge in [0.1, 0.15) is 11.5 Å². The van der Waals surface area contributed by atoms with Gasteiger partial charge in [-0.25, -0.2) is 0 Å². The fraction of sp³-hybridized carbons (Fsp3) is 0.286. The van der Waals surface area contributed by atoms with Gasteiger partial charge < -0.3 is 19.4 Å². The van der Waals surface area contributed by atoms with Crippen molar-refractivity contribution in [2.45, 2.75) is 24.3 Å². The quantitative estimate of drug-likeness (QED) is 0.563. The molecule has 0 aliphatic rings. The van der Waals surface area contributed by atoms with Crippen molar-refractivity contribution >= 4 is 23.4 Å². The smallest absolute Gasteiger partial charge is 0.237 e. The number of carbonyl (C=O) groups excluding carboxylic acids is 1. The Bertz CT molecular complexity index is 990. The number of hydrogen-bond donors (Lipinski definition) is 1. The molecule has 0 bridgehead atoms. The third-order valence-corrected chi connectivity index (χ3v) is 5.41. The summed E-state index contributed by atoms with van der Waals surface area (Å²) in [5, 5.41) is 11.7. The summed E-state index contributed by atoms with van der Waals surface area (Å²) in [5.41, 5.74) is 1.50. The number of nitrogens with one attached hydrogen (secondary N) is 1. The van der Waals surface area contributed by atoms with Crippen LogP contribution in [0.5, 0.6) is 11.5 Å². The lowest BCUT2D eigenvalue weighted by atomic mass is 10.2. The molecular weight excluding hydrogens is 388 g/mol. The van der Waals surface area contributed by atoms with E-state index in [0.717, 1.165) is 11.3 Å². The van der Waals surface area contributed by atoms with Gasteiger partial charge in [0.2, 0.25) is 5.91 Å². The maximum absolute atomic E-state index is 12.7. The number of amides is 1. The zero-order chi connectivity index (χ0) is 20.8. The summed E-state index contributed by atoms with van der Waals surface area (Å²) in [5.74, 6) is 1.92. The number of carbonyl (C=O) groups is 1. The summed E-state index contributed by atoms with van der Waals surface area (Å²) in [4.78, 5) is 12.7. The van der Waals surface area contributed by atoms with Gasteiger partial charge in [-0.3, -0.25) is 4.79 Å². The van der Waals surface area contributed by atoms with Crippen LogP contribution < -0.4 is 14.8 Å². The average molecular weight is 413 g/mol. The lowest BCUT2D eigenvalue weighted by Gasteiger charge is -2.14. The van der Waals surface area contributed by atoms with Crippen molar-refractivity contribution in [3.05, 3.63) is 48.5 Å². The molecule has 0 spiro atoms. The fourth-order valence-corrected chi connectivity index (χ4v) is 3.59. The Morgan fingerprint density at radius 2 is 1.83 bits per heavy atom. The molecule has 3 rings (SSSR count). The Morgan fingerprint density at radius 3 is 2.55 bits per heavy atom. The van der Waals surface area contributed by atoms with Crippen molar-refractivity contribution in [3.8, 4) is 22.9 Å². The fourth-order valence-electron chi connectivity index (χ4n) is 2.78. The van der Waals surface area contributed by atoms with E-state index in [4.69, 9.17) is 9.47 Å². The molecule has 8 heteroatoms. The molecule has 152 valence electrons. The number of para-hydroxylation sites is 3. The SMILES string of the molecule is CCOc1ccccc1NC(=O)[C@H](C)Sc1nnc(-c2ccccc2OC)n1C. The zero-order valence-electron chi connectivity index (χ0n) is 16.9. The maximum Gasteiger partial charge on any atom is 0.237 e. The highest BCUT2D eigenvalue weighted by molar-refractivity contribution is 8.00. The molecule has 0 radical (unpaired) electrons. The number of rotatable bonds is 8. The first-order valence-corrected chi connectivity index (χ1v) is 10.1. The van der Waals surface area contributed by atoms with E-state index in [2.05, 4.69) is 15.5 Å². The Morgan fingerprint density at radius 1 is 1.14 bits per heavy atom. The second kappa shape index (κ2) is 9.47. The summed E-state index contributed by atoms with van der Waals surface area (Å²) in [6.45, 7) is 4.27. The minimum atomic E-state index is -0.377. The number of ether oxygens (including phenoxy) is 2. The number of thioether (sulfide) groups is 1. The lowest BCUT2D eigenvalue weighted by Crippen LogP contribution is -2.23. The first-order chi connectivity index (χ1) is 14.0. The molecule has 1 N–H and O–H groups in total. The van der Waals surface area contributed by atoms with Gasteiger partial charge in [0.05, 0.1) is 30.2 Å². The minimum Gasteiger partial charge on any atom is -0.496 e.